The molecular weight excluding hydrogens is 446 g/mol. The molecule has 0 aliphatic heterocycles. The molecule has 34 heavy (non-hydrogen) atoms. The van der Waals surface area contributed by atoms with E-state index in [1.54, 1.807) is 6.07 Å². The van der Waals surface area contributed by atoms with Crippen molar-refractivity contribution in [3.8, 4) is 11.1 Å². The van der Waals surface area contributed by atoms with Crippen LogP contribution in [0.25, 0.3) is 27.6 Å². The minimum Gasteiger partial charge on any atom is -0.366 e. The standard InChI is InChI=1S/C28H30ClN3O2/c1-3-5-18-8-10-19(11-9-18)25-16-23-21(12-13-22(28(30)34)27(23)32-25)20-6-4-7-24(17(20)2)31-26(33)14-15-29/h4,6-7,10,12-16,18,32H,3,5,8-9,11H2,1-2H3,(H2,30,34)(H,31,33). The predicted molar refractivity (Wildman–Crippen MR) is 141 cm³/mol. The first-order valence-electron chi connectivity index (χ1n) is 11.8. The molecule has 1 heterocycles. The molecule has 0 saturated heterocycles. The van der Waals surface area contributed by atoms with Crippen molar-refractivity contribution in [1.82, 2.24) is 4.98 Å². The number of nitrogens with two attached hydrogens (primary N) is 1. The molecule has 3 aromatic rings. The van der Waals surface area contributed by atoms with E-state index in [1.165, 1.54) is 36.4 Å². The third kappa shape index (κ3) is 4.80. The number of carbonyl (C=O) groups is 2. The van der Waals surface area contributed by atoms with Crippen LogP contribution in [0.5, 0.6) is 0 Å². The molecule has 4 N–H and O–H groups in total. The van der Waals surface area contributed by atoms with Gasteiger partial charge < -0.3 is 16.0 Å². The van der Waals surface area contributed by atoms with E-state index in [4.69, 9.17) is 17.3 Å². The predicted octanol–water partition coefficient (Wildman–Crippen LogP) is 6.92. The Morgan fingerprint density at radius 1 is 1.24 bits per heavy atom. The summed E-state index contributed by atoms with van der Waals surface area (Å²) in [5.74, 6) is -0.000635. The summed E-state index contributed by atoms with van der Waals surface area (Å²) in [6, 6.07) is 11.6. The average molecular weight is 476 g/mol. The fourth-order valence-electron chi connectivity index (χ4n) is 4.93. The number of fused-ring (bicyclic) bond motifs is 1. The molecule has 0 radical (unpaired) electrons. The SMILES string of the molecule is CCCC1CC=C(c2cc3c(-c4cccc(NC(=O)C=CCl)c4C)ccc(C(N)=O)c3[nH]2)CC1. The van der Waals surface area contributed by atoms with Gasteiger partial charge in [0.1, 0.15) is 0 Å². The maximum atomic E-state index is 12.2. The van der Waals surface area contributed by atoms with E-state index in [1.807, 2.05) is 31.2 Å². The van der Waals surface area contributed by atoms with Gasteiger partial charge in [-0.2, -0.15) is 0 Å². The number of halogens is 1. The number of benzene rings is 2. The summed E-state index contributed by atoms with van der Waals surface area (Å²) in [4.78, 5) is 27.7. The van der Waals surface area contributed by atoms with Crippen molar-refractivity contribution in [2.45, 2.75) is 46.0 Å². The molecule has 6 heteroatoms. The third-order valence-corrected chi connectivity index (χ3v) is 6.84. The number of aromatic amines is 1. The van der Waals surface area contributed by atoms with Crippen LogP contribution in [0.3, 0.4) is 0 Å². The van der Waals surface area contributed by atoms with Crippen molar-refractivity contribution in [3.05, 3.63) is 70.9 Å². The van der Waals surface area contributed by atoms with Crippen LogP contribution >= 0.6 is 11.6 Å². The Morgan fingerprint density at radius 2 is 2.06 bits per heavy atom. The van der Waals surface area contributed by atoms with Gasteiger partial charge in [0.25, 0.3) is 5.91 Å². The molecule has 1 atom stereocenters. The summed E-state index contributed by atoms with van der Waals surface area (Å²) >= 11 is 5.54. The van der Waals surface area contributed by atoms with Gasteiger partial charge in [0, 0.05) is 28.4 Å². The zero-order chi connectivity index (χ0) is 24.2. The summed E-state index contributed by atoms with van der Waals surface area (Å²) < 4.78 is 0. The quantitative estimate of drug-likeness (QED) is 0.324. The number of nitrogens with one attached hydrogen (secondary N) is 2. The van der Waals surface area contributed by atoms with Crippen molar-refractivity contribution in [2.24, 2.45) is 11.7 Å². The second-order valence-electron chi connectivity index (χ2n) is 8.92. The minimum atomic E-state index is -0.462. The lowest BCUT2D eigenvalue weighted by Gasteiger charge is -2.20. The number of allylic oxidation sites excluding steroid dienone is 2. The van der Waals surface area contributed by atoms with Crippen molar-refractivity contribution in [1.29, 1.82) is 0 Å². The summed E-state index contributed by atoms with van der Waals surface area (Å²) in [7, 11) is 0. The molecule has 2 amide bonds. The van der Waals surface area contributed by atoms with E-state index in [2.05, 4.69) is 29.4 Å². The number of aromatic nitrogens is 1. The molecular formula is C28H30ClN3O2. The van der Waals surface area contributed by atoms with Crippen LogP contribution in [-0.2, 0) is 4.79 Å². The Hall–Kier alpha value is -3.31. The lowest BCUT2D eigenvalue weighted by atomic mass is 9.85. The fraction of sp³-hybridized carbons (Fsp3) is 0.286. The lowest BCUT2D eigenvalue weighted by molar-refractivity contribution is -0.111. The molecule has 4 rings (SSSR count). The summed E-state index contributed by atoms with van der Waals surface area (Å²) in [6.07, 6.45) is 9.38. The smallest absolute Gasteiger partial charge is 0.250 e. The minimum absolute atomic E-state index is 0.293. The molecule has 0 bridgehead atoms. The summed E-state index contributed by atoms with van der Waals surface area (Å²) in [6.45, 7) is 4.20. The van der Waals surface area contributed by atoms with Crippen molar-refractivity contribution in [2.75, 3.05) is 5.32 Å². The van der Waals surface area contributed by atoms with Gasteiger partial charge in [-0.15, -0.1) is 0 Å². The highest BCUT2D eigenvalue weighted by Gasteiger charge is 2.20. The van der Waals surface area contributed by atoms with Gasteiger partial charge in [-0.3, -0.25) is 9.59 Å². The first-order chi connectivity index (χ1) is 16.4. The van der Waals surface area contributed by atoms with E-state index in [9.17, 15) is 9.59 Å². The largest absolute Gasteiger partial charge is 0.366 e. The molecule has 0 spiro atoms. The Morgan fingerprint density at radius 3 is 2.74 bits per heavy atom. The zero-order valence-electron chi connectivity index (χ0n) is 19.6. The van der Waals surface area contributed by atoms with E-state index >= 15 is 0 Å². The van der Waals surface area contributed by atoms with Gasteiger partial charge in [-0.05, 0) is 72.6 Å². The van der Waals surface area contributed by atoms with Crippen LogP contribution in [-0.4, -0.2) is 16.8 Å². The summed E-state index contributed by atoms with van der Waals surface area (Å²) in [5.41, 5.74) is 14.0. The Balaban J connectivity index is 1.80. The molecule has 5 nitrogen and oxygen atoms in total. The molecule has 176 valence electrons. The normalized spacial score (nSPS) is 16.1. The molecule has 1 aliphatic rings. The topological polar surface area (TPSA) is 88.0 Å². The fourth-order valence-corrected chi connectivity index (χ4v) is 5.04. The lowest BCUT2D eigenvalue weighted by Crippen LogP contribution is -2.11. The third-order valence-electron chi connectivity index (χ3n) is 6.72. The number of hydrogen-bond acceptors (Lipinski definition) is 2. The number of amides is 2. The van der Waals surface area contributed by atoms with Crippen molar-refractivity contribution in [3.63, 3.8) is 0 Å². The Bertz CT molecular complexity index is 1300. The van der Waals surface area contributed by atoms with Gasteiger partial charge in [-0.1, -0.05) is 55.6 Å². The second-order valence-corrected chi connectivity index (χ2v) is 9.17. The number of H-pyrrole nitrogens is 1. The molecule has 0 fully saturated rings. The van der Waals surface area contributed by atoms with Gasteiger partial charge >= 0.3 is 0 Å². The highest BCUT2D eigenvalue weighted by Crippen LogP contribution is 2.38. The van der Waals surface area contributed by atoms with Gasteiger partial charge in [0.2, 0.25) is 5.91 Å². The molecule has 1 aliphatic carbocycles. The second kappa shape index (κ2) is 10.3. The average Bonchev–Trinajstić information content (AvgIpc) is 3.26. The maximum absolute atomic E-state index is 12.2. The Kier molecular flexibility index (Phi) is 7.23. The number of rotatable bonds is 7. The van der Waals surface area contributed by atoms with Crippen LogP contribution in [0.4, 0.5) is 5.69 Å². The van der Waals surface area contributed by atoms with Crippen LogP contribution < -0.4 is 11.1 Å². The van der Waals surface area contributed by atoms with E-state index in [-0.39, 0.29) is 5.91 Å². The van der Waals surface area contributed by atoms with Crippen molar-refractivity contribution < 1.29 is 9.59 Å². The van der Waals surface area contributed by atoms with Gasteiger partial charge in [-0.25, -0.2) is 0 Å². The zero-order valence-corrected chi connectivity index (χ0v) is 20.3. The number of carbonyl (C=O) groups excluding carboxylic acids is 2. The highest BCUT2D eigenvalue weighted by molar-refractivity contribution is 6.27. The molecule has 0 saturated carbocycles. The van der Waals surface area contributed by atoms with Crippen LogP contribution in [0.2, 0.25) is 0 Å². The molecule has 1 aromatic heterocycles. The Labute approximate surface area is 205 Å². The summed E-state index contributed by atoms with van der Waals surface area (Å²) in [5, 5.41) is 3.81. The molecule has 1 unspecified atom stereocenters. The number of primary amides is 1. The van der Waals surface area contributed by atoms with Crippen LogP contribution in [0.15, 0.2) is 54.1 Å². The van der Waals surface area contributed by atoms with Crippen LogP contribution in [0, 0.1) is 12.8 Å². The maximum Gasteiger partial charge on any atom is 0.250 e. The first-order valence-corrected chi connectivity index (χ1v) is 12.2. The van der Waals surface area contributed by atoms with Gasteiger partial charge in [0.15, 0.2) is 0 Å². The number of anilines is 1. The first kappa shape index (κ1) is 23.8. The highest BCUT2D eigenvalue weighted by atomic mass is 35.5. The monoisotopic (exact) mass is 475 g/mol. The number of hydrogen-bond donors (Lipinski definition) is 3. The van der Waals surface area contributed by atoms with Gasteiger partial charge in [0.05, 0.1) is 11.1 Å². The molecule has 2 aromatic carbocycles. The van der Waals surface area contributed by atoms with E-state index in [0.29, 0.717) is 11.3 Å². The van der Waals surface area contributed by atoms with E-state index in [0.717, 1.165) is 52.0 Å². The van der Waals surface area contributed by atoms with Crippen LogP contribution in [0.1, 0.15) is 60.6 Å². The van der Waals surface area contributed by atoms with E-state index < -0.39 is 5.91 Å². The van der Waals surface area contributed by atoms with Crippen molar-refractivity contribution >= 4 is 45.6 Å².